The summed E-state index contributed by atoms with van der Waals surface area (Å²) in [6, 6.07) is 0. The number of unbranched alkanes of at least 4 members (excludes halogenated alkanes) is 18. The highest BCUT2D eigenvalue weighted by atomic mass is 15.1. The Labute approximate surface area is 272 Å². The van der Waals surface area contributed by atoms with Crippen molar-refractivity contribution < 1.29 is 0 Å². The first kappa shape index (κ1) is 39.9. The Hall–Kier alpha value is -1.08. The fourth-order valence-corrected chi connectivity index (χ4v) is 7.13. The summed E-state index contributed by atoms with van der Waals surface area (Å²) in [6.07, 6.45) is 54.4. The highest BCUT2D eigenvalue weighted by molar-refractivity contribution is 4.95. The summed E-state index contributed by atoms with van der Waals surface area (Å²) < 4.78 is 0. The molecule has 0 radical (unpaired) electrons. The maximum atomic E-state index is 2.62. The predicted octanol–water partition coefficient (Wildman–Crippen LogP) is 14.0. The average molecular weight is 596 g/mol. The Morgan fingerprint density at radius 2 is 0.837 bits per heavy atom. The summed E-state index contributed by atoms with van der Waals surface area (Å²) in [5.74, 6) is 0.869. The molecule has 1 aliphatic rings. The first-order chi connectivity index (χ1) is 21.1. The van der Waals surface area contributed by atoms with E-state index in [1.54, 1.807) is 0 Å². The lowest BCUT2D eigenvalue weighted by atomic mass is 9.71. The molecule has 0 aromatic carbocycles. The normalized spacial score (nSPS) is 17.6. The first-order valence-corrected chi connectivity index (χ1v) is 19.4. The second-order valence-electron chi connectivity index (χ2n) is 14.1. The predicted molar refractivity (Wildman–Crippen MR) is 197 cm³/mol. The summed E-state index contributed by atoms with van der Waals surface area (Å²) in [6.45, 7) is 9.75. The standard InChI is InChI=1S/C42H77N/c1-5-7-9-11-13-15-17-19-21-23-25-27-29-31-33-35-37-42(40-43(4)39-41(42)3)38-36-34-32-30-28-26-24-22-20-18-16-14-12-10-8-6-2/h13-16,19-22,41H,5-12,17-18,23-40H2,1-4H3/b15-13-,16-14-,21-19-,22-20-. The van der Waals surface area contributed by atoms with Crippen molar-refractivity contribution >= 4 is 0 Å². The van der Waals surface area contributed by atoms with Crippen molar-refractivity contribution in [3.05, 3.63) is 48.6 Å². The summed E-state index contributed by atoms with van der Waals surface area (Å²) in [4.78, 5) is 2.62. The number of allylic oxidation sites excluding steroid dienone is 8. The Bertz CT molecular complexity index is 650. The van der Waals surface area contributed by atoms with Gasteiger partial charge in [0, 0.05) is 13.1 Å². The van der Waals surface area contributed by atoms with Gasteiger partial charge in [-0.25, -0.2) is 0 Å². The second-order valence-corrected chi connectivity index (χ2v) is 14.1. The lowest BCUT2D eigenvalue weighted by molar-refractivity contribution is 0.178. The van der Waals surface area contributed by atoms with E-state index in [2.05, 4.69) is 81.3 Å². The number of nitrogens with zero attached hydrogens (tertiary/aromatic N) is 1. The van der Waals surface area contributed by atoms with Crippen molar-refractivity contribution in [2.45, 2.75) is 188 Å². The van der Waals surface area contributed by atoms with Crippen molar-refractivity contribution in [1.82, 2.24) is 4.90 Å². The molecule has 43 heavy (non-hydrogen) atoms. The molecule has 0 N–H and O–H groups in total. The van der Waals surface area contributed by atoms with E-state index in [-0.39, 0.29) is 0 Å². The molecular weight excluding hydrogens is 518 g/mol. The second kappa shape index (κ2) is 29.6. The van der Waals surface area contributed by atoms with Crippen molar-refractivity contribution in [3.63, 3.8) is 0 Å². The zero-order valence-electron chi connectivity index (χ0n) is 29.9. The Kier molecular flexibility index (Phi) is 27.5. The first-order valence-electron chi connectivity index (χ1n) is 19.4. The van der Waals surface area contributed by atoms with Gasteiger partial charge in [0.2, 0.25) is 0 Å². The lowest BCUT2D eigenvalue weighted by Crippen LogP contribution is -2.29. The number of hydrogen-bond acceptors (Lipinski definition) is 1. The molecule has 0 aromatic rings. The molecule has 1 saturated heterocycles. The minimum atomic E-state index is 0.596. The third-order valence-corrected chi connectivity index (χ3v) is 9.97. The summed E-state index contributed by atoms with van der Waals surface area (Å²) in [7, 11) is 2.36. The topological polar surface area (TPSA) is 3.24 Å². The van der Waals surface area contributed by atoms with Gasteiger partial charge in [-0.3, -0.25) is 0 Å². The molecule has 0 aliphatic carbocycles. The molecule has 0 saturated carbocycles. The van der Waals surface area contributed by atoms with Gasteiger partial charge in [0.15, 0.2) is 0 Å². The molecule has 0 amide bonds. The molecule has 0 bridgehead atoms. The summed E-state index contributed by atoms with van der Waals surface area (Å²) in [5.41, 5.74) is 0.596. The van der Waals surface area contributed by atoms with Gasteiger partial charge in [0.25, 0.3) is 0 Å². The Morgan fingerprint density at radius 3 is 1.19 bits per heavy atom. The number of likely N-dealkylation sites (tertiary alicyclic amines) is 1. The minimum Gasteiger partial charge on any atom is -0.306 e. The molecule has 1 fully saturated rings. The van der Waals surface area contributed by atoms with E-state index in [1.165, 1.54) is 167 Å². The van der Waals surface area contributed by atoms with Crippen LogP contribution in [0.25, 0.3) is 0 Å². The fourth-order valence-electron chi connectivity index (χ4n) is 7.13. The molecule has 1 nitrogen and oxygen atoms in total. The van der Waals surface area contributed by atoms with Crippen molar-refractivity contribution in [1.29, 1.82) is 0 Å². The summed E-state index contributed by atoms with van der Waals surface area (Å²) >= 11 is 0. The quantitative estimate of drug-likeness (QED) is 0.0589. The molecule has 1 rings (SSSR count). The number of hydrogen-bond donors (Lipinski definition) is 0. The van der Waals surface area contributed by atoms with Crippen LogP contribution in [0.2, 0.25) is 0 Å². The SMILES string of the molecule is CCCCC/C=C\C/C=C\CCCCCCCCC1(CCCCCCCC/C=C\C/C=C\CCCCC)CN(C)CC1C. The van der Waals surface area contributed by atoms with Gasteiger partial charge in [-0.15, -0.1) is 0 Å². The van der Waals surface area contributed by atoms with E-state index in [1.807, 2.05) is 0 Å². The molecule has 1 unspecified atom stereocenters. The fraction of sp³-hybridized carbons (Fsp3) is 0.810. The van der Waals surface area contributed by atoms with Crippen LogP contribution in [0.4, 0.5) is 0 Å². The van der Waals surface area contributed by atoms with Crippen LogP contribution in [0.5, 0.6) is 0 Å². The molecule has 250 valence electrons. The largest absolute Gasteiger partial charge is 0.306 e. The van der Waals surface area contributed by atoms with Crippen LogP contribution in [0.3, 0.4) is 0 Å². The molecule has 1 heterocycles. The maximum absolute atomic E-state index is 2.62. The Balaban J connectivity index is 2.06. The van der Waals surface area contributed by atoms with Gasteiger partial charge in [-0.05, 0) is 95.4 Å². The third kappa shape index (κ3) is 23.0. The van der Waals surface area contributed by atoms with Gasteiger partial charge in [0.1, 0.15) is 0 Å². The number of rotatable bonds is 30. The maximum Gasteiger partial charge on any atom is 0.00381 e. The molecule has 1 atom stereocenters. The van der Waals surface area contributed by atoms with Crippen LogP contribution in [0.1, 0.15) is 188 Å². The highest BCUT2D eigenvalue weighted by Gasteiger charge is 2.41. The van der Waals surface area contributed by atoms with E-state index >= 15 is 0 Å². The van der Waals surface area contributed by atoms with Crippen LogP contribution in [-0.4, -0.2) is 25.0 Å². The van der Waals surface area contributed by atoms with Gasteiger partial charge >= 0.3 is 0 Å². The molecule has 0 aromatic heterocycles. The smallest absolute Gasteiger partial charge is 0.00381 e. The monoisotopic (exact) mass is 596 g/mol. The Morgan fingerprint density at radius 1 is 0.488 bits per heavy atom. The van der Waals surface area contributed by atoms with Gasteiger partial charge in [0.05, 0.1) is 0 Å². The molecule has 1 aliphatic heterocycles. The van der Waals surface area contributed by atoms with Crippen LogP contribution >= 0.6 is 0 Å². The van der Waals surface area contributed by atoms with E-state index in [9.17, 15) is 0 Å². The van der Waals surface area contributed by atoms with E-state index in [0.29, 0.717) is 5.41 Å². The minimum absolute atomic E-state index is 0.596. The van der Waals surface area contributed by atoms with Gasteiger partial charge < -0.3 is 4.90 Å². The van der Waals surface area contributed by atoms with Crippen molar-refractivity contribution in [3.8, 4) is 0 Å². The summed E-state index contributed by atoms with van der Waals surface area (Å²) in [5, 5.41) is 0. The van der Waals surface area contributed by atoms with E-state index in [4.69, 9.17) is 0 Å². The average Bonchev–Trinajstić information content (AvgIpc) is 3.28. The molecular formula is C42H77N. The van der Waals surface area contributed by atoms with Gasteiger partial charge in [-0.2, -0.15) is 0 Å². The zero-order chi connectivity index (χ0) is 31.1. The van der Waals surface area contributed by atoms with Crippen LogP contribution < -0.4 is 0 Å². The zero-order valence-corrected chi connectivity index (χ0v) is 29.9. The third-order valence-electron chi connectivity index (χ3n) is 9.97. The van der Waals surface area contributed by atoms with Gasteiger partial charge in [-0.1, -0.05) is 159 Å². The molecule has 1 heteroatoms. The highest BCUT2D eigenvalue weighted by Crippen LogP contribution is 2.44. The lowest BCUT2D eigenvalue weighted by Gasteiger charge is -2.34. The van der Waals surface area contributed by atoms with Crippen molar-refractivity contribution in [2.75, 3.05) is 20.1 Å². The van der Waals surface area contributed by atoms with Crippen LogP contribution in [0, 0.1) is 11.3 Å². The van der Waals surface area contributed by atoms with Crippen LogP contribution in [-0.2, 0) is 0 Å². The van der Waals surface area contributed by atoms with E-state index in [0.717, 1.165) is 18.8 Å². The molecule has 0 spiro atoms. The van der Waals surface area contributed by atoms with Crippen LogP contribution in [0.15, 0.2) is 48.6 Å². The van der Waals surface area contributed by atoms with Crippen molar-refractivity contribution in [2.24, 2.45) is 11.3 Å². The van der Waals surface area contributed by atoms with E-state index < -0.39 is 0 Å².